The molecule has 2 heteroatoms. The molecular weight excluding hydrogens is 705 g/mol. The van der Waals surface area contributed by atoms with Gasteiger partial charge in [-0.15, -0.1) is 0 Å². The molecule has 0 spiro atoms. The highest BCUT2D eigenvalue weighted by Crippen LogP contribution is 2.53. The van der Waals surface area contributed by atoms with E-state index in [1.807, 2.05) is 6.07 Å². The average molecular weight is 747 g/mol. The fraction of sp³-hybridized carbons (Fsp3) is 0.143. The third-order valence-electron chi connectivity index (χ3n) is 12.9. The van der Waals surface area contributed by atoms with Crippen LogP contribution in [0.1, 0.15) is 52.7 Å². The van der Waals surface area contributed by atoms with Crippen molar-refractivity contribution in [3.05, 3.63) is 157 Å². The molecule has 0 saturated heterocycles. The monoisotopic (exact) mass is 746 g/mol. The Hall–Kier alpha value is -6.64. The fourth-order valence-corrected chi connectivity index (χ4v) is 10.2. The van der Waals surface area contributed by atoms with E-state index in [1.54, 1.807) is 0 Å². The Balaban J connectivity index is 1.16. The van der Waals surface area contributed by atoms with Crippen LogP contribution in [-0.4, -0.2) is 0 Å². The predicted molar refractivity (Wildman–Crippen MR) is 244 cm³/mol. The van der Waals surface area contributed by atoms with Crippen LogP contribution >= 0.6 is 0 Å². The highest BCUT2D eigenvalue weighted by molar-refractivity contribution is 6.30. The molecule has 2 heterocycles. The van der Waals surface area contributed by atoms with Crippen molar-refractivity contribution < 1.29 is 9.47 Å². The number of para-hydroxylation sites is 1. The maximum atomic E-state index is 6.73. The van der Waals surface area contributed by atoms with Crippen molar-refractivity contribution >= 4 is 53.9 Å². The molecule has 10 aromatic rings. The average Bonchev–Trinajstić information content (AvgIpc) is 3.22. The van der Waals surface area contributed by atoms with Crippen LogP contribution in [0.4, 0.5) is 0 Å². The van der Waals surface area contributed by atoms with Gasteiger partial charge in [-0.25, -0.2) is 0 Å². The van der Waals surface area contributed by atoms with Crippen molar-refractivity contribution in [2.75, 3.05) is 0 Å². The summed E-state index contributed by atoms with van der Waals surface area (Å²) in [6.07, 6.45) is 0. The van der Waals surface area contributed by atoms with E-state index in [0.29, 0.717) is 0 Å². The molecule has 0 amide bonds. The Morgan fingerprint density at radius 2 is 0.828 bits per heavy atom. The van der Waals surface area contributed by atoms with E-state index in [-0.39, 0.29) is 10.8 Å². The quantitative estimate of drug-likeness (QED) is 0.164. The van der Waals surface area contributed by atoms with Crippen LogP contribution in [0, 0.1) is 0 Å². The van der Waals surface area contributed by atoms with E-state index in [4.69, 9.17) is 9.47 Å². The summed E-state index contributed by atoms with van der Waals surface area (Å²) in [5.74, 6) is 3.64. The van der Waals surface area contributed by atoms with Gasteiger partial charge in [0.25, 0.3) is 0 Å². The smallest absolute Gasteiger partial charge is 0.135 e. The number of ether oxygens (including phenoxy) is 2. The predicted octanol–water partition coefficient (Wildman–Crippen LogP) is 16.4. The summed E-state index contributed by atoms with van der Waals surface area (Å²) >= 11 is 0. The molecule has 10 aromatic carbocycles. The molecule has 0 bridgehead atoms. The Kier molecular flexibility index (Phi) is 6.63. The third kappa shape index (κ3) is 4.60. The lowest BCUT2D eigenvalue weighted by molar-refractivity contribution is 0.487. The van der Waals surface area contributed by atoms with Gasteiger partial charge in [0.15, 0.2) is 0 Å². The SMILES string of the molecule is CC(C)(C)c1cc(-c2ccc3c(c2)Oc2cccc4cccc-3c24)c2ccc3c(C(C)(C)C)cc(-c4ccc5c6c(cccc46)-c4ccccc4O5)c4ccc1c2c43. The molecule has 0 aromatic heterocycles. The van der Waals surface area contributed by atoms with E-state index in [2.05, 4.69) is 181 Å². The van der Waals surface area contributed by atoms with Gasteiger partial charge < -0.3 is 9.47 Å². The summed E-state index contributed by atoms with van der Waals surface area (Å²) in [7, 11) is 0. The van der Waals surface area contributed by atoms with E-state index in [0.717, 1.165) is 39.7 Å². The molecule has 2 nitrogen and oxygen atoms in total. The molecular formula is C56H42O2. The summed E-state index contributed by atoms with van der Waals surface area (Å²) in [4.78, 5) is 0. The van der Waals surface area contributed by atoms with Gasteiger partial charge in [-0.05, 0) is 141 Å². The molecule has 0 aliphatic carbocycles. The highest BCUT2D eigenvalue weighted by atomic mass is 16.5. The Labute approximate surface area is 338 Å². The van der Waals surface area contributed by atoms with Gasteiger partial charge in [0.1, 0.15) is 23.0 Å². The first-order valence-electron chi connectivity index (χ1n) is 20.5. The van der Waals surface area contributed by atoms with Crippen LogP contribution in [0.5, 0.6) is 23.0 Å². The minimum absolute atomic E-state index is 0.0987. The zero-order valence-corrected chi connectivity index (χ0v) is 33.7. The van der Waals surface area contributed by atoms with E-state index < -0.39 is 0 Å². The molecule has 0 fully saturated rings. The van der Waals surface area contributed by atoms with Crippen LogP contribution in [0.3, 0.4) is 0 Å². The lowest BCUT2D eigenvalue weighted by Gasteiger charge is -2.29. The summed E-state index contributed by atoms with van der Waals surface area (Å²) in [5.41, 5.74) is 12.1. The topological polar surface area (TPSA) is 18.5 Å². The van der Waals surface area contributed by atoms with Gasteiger partial charge in [0, 0.05) is 21.9 Å². The zero-order chi connectivity index (χ0) is 39.2. The number of hydrogen-bond acceptors (Lipinski definition) is 2. The molecule has 0 saturated carbocycles. The van der Waals surface area contributed by atoms with Crippen molar-refractivity contribution in [2.24, 2.45) is 0 Å². The van der Waals surface area contributed by atoms with Gasteiger partial charge in [0.05, 0.1) is 0 Å². The van der Waals surface area contributed by atoms with Gasteiger partial charge in [-0.2, -0.15) is 0 Å². The third-order valence-corrected chi connectivity index (χ3v) is 12.9. The Bertz CT molecular complexity index is 3400. The normalized spacial score (nSPS) is 13.3. The van der Waals surface area contributed by atoms with Crippen LogP contribution in [-0.2, 0) is 10.8 Å². The first-order chi connectivity index (χ1) is 28.0. The lowest BCUT2D eigenvalue weighted by Crippen LogP contribution is -2.14. The number of benzene rings is 10. The number of fused-ring (bicyclic) bond motifs is 4. The van der Waals surface area contributed by atoms with Crippen LogP contribution in [0.15, 0.2) is 146 Å². The molecule has 278 valence electrons. The molecule has 0 atom stereocenters. The maximum absolute atomic E-state index is 6.73. The molecule has 0 unspecified atom stereocenters. The van der Waals surface area contributed by atoms with Crippen LogP contribution in [0.25, 0.3) is 98.4 Å². The molecule has 2 aliphatic heterocycles. The van der Waals surface area contributed by atoms with Gasteiger partial charge in [0.2, 0.25) is 0 Å². The zero-order valence-electron chi connectivity index (χ0n) is 33.7. The minimum Gasteiger partial charge on any atom is -0.456 e. The standard InChI is InChI=1S/C56H42O2/c1-55(2,3)45-29-43(32-20-21-35-37-15-9-12-31-13-10-19-48(51(31)37)58-50(35)28-32)39-22-24-42-46(56(4,5)6)30-44(40-23-25-41(45)53(39)54(40)42)33-26-27-49-52-36(33)16-11-17-38(52)34-14-7-8-18-47(34)57-49/h7-30H,1-6H3. The summed E-state index contributed by atoms with van der Waals surface area (Å²) in [6.45, 7) is 14.1. The van der Waals surface area contributed by atoms with Crippen molar-refractivity contribution in [3.8, 4) is 67.5 Å². The maximum Gasteiger partial charge on any atom is 0.135 e. The van der Waals surface area contributed by atoms with Crippen molar-refractivity contribution in [1.82, 2.24) is 0 Å². The van der Waals surface area contributed by atoms with Crippen molar-refractivity contribution in [1.29, 1.82) is 0 Å². The lowest BCUT2D eigenvalue weighted by atomic mass is 9.75. The van der Waals surface area contributed by atoms with Crippen LogP contribution < -0.4 is 9.47 Å². The Morgan fingerprint density at radius 1 is 0.310 bits per heavy atom. The molecule has 58 heavy (non-hydrogen) atoms. The fourth-order valence-electron chi connectivity index (χ4n) is 10.2. The summed E-state index contributed by atoms with van der Waals surface area (Å²) < 4.78 is 13.3. The van der Waals surface area contributed by atoms with Crippen LogP contribution in [0.2, 0.25) is 0 Å². The van der Waals surface area contributed by atoms with Gasteiger partial charge in [-0.1, -0.05) is 145 Å². The van der Waals surface area contributed by atoms with Crippen molar-refractivity contribution in [2.45, 2.75) is 52.4 Å². The summed E-state index contributed by atoms with van der Waals surface area (Å²) in [6, 6.07) is 53.8. The minimum atomic E-state index is -0.101. The molecule has 2 aliphatic rings. The van der Waals surface area contributed by atoms with Gasteiger partial charge in [-0.3, -0.25) is 0 Å². The highest BCUT2D eigenvalue weighted by Gasteiger charge is 2.29. The second-order valence-electron chi connectivity index (χ2n) is 18.4. The second kappa shape index (κ2) is 11.5. The molecule has 0 N–H and O–H groups in total. The van der Waals surface area contributed by atoms with Crippen molar-refractivity contribution in [3.63, 3.8) is 0 Å². The number of rotatable bonds is 2. The number of hydrogen-bond donors (Lipinski definition) is 0. The molecule has 12 rings (SSSR count). The summed E-state index contributed by atoms with van der Waals surface area (Å²) in [5, 5.41) is 12.6. The van der Waals surface area contributed by atoms with Gasteiger partial charge >= 0.3 is 0 Å². The second-order valence-corrected chi connectivity index (χ2v) is 18.4. The van der Waals surface area contributed by atoms with E-state index in [1.165, 1.54) is 92.8 Å². The first kappa shape index (κ1) is 33.5. The largest absolute Gasteiger partial charge is 0.456 e. The molecule has 0 radical (unpaired) electrons. The Morgan fingerprint density at radius 3 is 1.57 bits per heavy atom. The first-order valence-corrected chi connectivity index (χ1v) is 20.5. The van der Waals surface area contributed by atoms with E-state index >= 15 is 0 Å². The van der Waals surface area contributed by atoms with E-state index in [9.17, 15) is 0 Å².